The van der Waals surface area contributed by atoms with Crippen LogP contribution in [0.3, 0.4) is 0 Å². The van der Waals surface area contributed by atoms with Crippen molar-refractivity contribution in [2.24, 2.45) is 10.1 Å². The predicted molar refractivity (Wildman–Crippen MR) is 110 cm³/mol. The number of thioether (sulfide) groups is 1. The maximum atomic E-state index is 14.3. The normalized spacial score (nSPS) is 12.0. The van der Waals surface area contributed by atoms with E-state index in [0.29, 0.717) is 22.6 Å². The van der Waals surface area contributed by atoms with Crippen molar-refractivity contribution in [1.82, 2.24) is 4.68 Å². The Balaban J connectivity index is 2.05. The lowest BCUT2D eigenvalue weighted by Gasteiger charge is -2.04. The minimum atomic E-state index is -0.283. The van der Waals surface area contributed by atoms with Crippen LogP contribution >= 0.6 is 23.1 Å². The second-order valence-corrected chi connectivity index (χ2v) is 7.06. The summed E-state index contributed by atoms with van der Waals surface area (Å²) in [5.74, 6) is -0.283. The van der Waals surface area contributed by atoms with Crippen LogP contribution < -0.4 is 4.80 Å². The van der Waals surface area contributed by atoms with Crippen molar-refractivity contribution in [3.63, 3.8) is 0 Å². The second-order valence-electron chi connectivity index (χ2n) is 5.34. The largest absolute Gasteiger partial charge is 0.253 e. The second kappa shape index (κ2) is 8.78. The molecule has 0 saturated heterocycles. The molecular formula is C20H18FN3S2. The Hall–Kier alpha value is -2.44. The molecule has 0 amide bonds. The van der Waals surface area contributed by atoms with Gasteiger partial charge in [0.2, 0.25) is 4.80 Å². The van der Waals surface area contributed by atoms with Gasteiger partial charge in [-0.05, 0) is 36.1 Å². The van der Waals surface area contributed by atoms with Gasteiger partial charge in [0.1, 0.15) is 5.82 Å². The standard InChI is InChI=1S/C20H18FN3S2/c1-3-12-22-20-24(23-13-15-8-10-16(25-2)11-9-15)19(14-26-20)17-6-4-5-7-18(17)21/h3-11,13-14H,1,12H2,2H3/b22-20?,23-13-. The van der Waals surface area contributed by atoms with E-state index in [1.165, 1.54) is 22.3 Å². The summed E-state index contributed by atoms with van der Waals surface area (Å²) in [6, 6.07) is 14.8. The molecule has 1 heterocycles. The van der Waals surface area contributed by atoms with Crippen LogP contribution in [0.25, 0.3) is 11.3 Å². The highest BCUT2D eigenvalue weighted by Crippen LogP contribution is 2.23. The molecule has 6 heteroatoms. The molecule has 0 saturated carbocycles. The number of halogens is 1. The third-order valence-electron chi connectivity index (χ3n) is 3.63. The van der Waals surface area contributed by atoms with Crippen molar-refractivity contribution < 1.29 is 4.39 Å². The van der Waals surface area contributed by atoms with E-state index in [1.807, 2.05) is 42.0 Å². The van der Waals surface area contributed by atoms with Crippen LogP contribution in [0.4, 0.5) is 4.39 Å². The highest BCUT2D eigenvalue weighted by molar-refractivity contribution is 7.98. The zero-order valence-electron chi connectivity index (χ0n) is 14.3. The van der Waals surface area contributed by atoms with Gasteiger partial charge in [0.05, 0.1) is 18.5 Å². The van der Waals surface area contributed by atoms with E-state index in [2.05, 4.69) is 16.7 Å². The summed E-state index contributed by atoms with van der Waals surface area (Å²) in [6.07, 6.45) is 5.52. The number of nitrogens with zero attached hydrogens (tertiary/aromatic N) is 3. The van der Waals surface area contributed by atoms with E-state index in [0.717, 1.165) is 5.56 Å². The molecule has 0 atom stereocenters. The fourth-order valence-corrected chi connectivity index (χ4v) is 3.58. The Labute approximate surface area is 160 Å². The molecule has 3 nitrogen and oxygen atoms in total. The molecule has 0 unspecified atom stereocenters. The summed E-state index contributed by atoms with van der Waals surface area (Å²) in [5, 5.41) is 6.43. The number of hydrogen-bond donors (Lipinski definition) is 0. The average molecular weight is 384 g/mol. The number of aromatic nitrogens is 1. The molecule has 2 aromatic carbocycles. The molecule has 0 aliphatic heterocycles. The van der Waals surface area contributed by atoms with Crippen molar-refractivity contribution in [2.45, 2.75) is 4.90 Å². The van der Waals surface area contributed by atoms with Crippen LogP contribution in [0.15, 0.2) is 81.6 Å². The Morgan fingerprint density at radius 2 is 1.96 bits per heavy atom. The van der Waals surface area contributed by atoms with Crippen LogP contribution in [-0.4, -0.2) is 23.7 Å². The molecule has 132 valence electrons. The van der Waals surface area contributed by atoms with Crippen LogP contribution in [0.2, 0.25) is 0 Å². The summed E-state index contributed by atoms with van der Waals surface area (Å²) in [5.41, 5.74) is 2.14. The van der Waals surface area contributed by atoms with Crippen molar-refractivity contribution in [2.75, 3.05) is 12.8 Å². The van der Waals surface area contributed by atoms with E-state index >= 15 is 0 Å². The van der Waals surface area contributed by atoms with E-state index in [9.17, 15) is 4.39 Å². The van der Waals surface area contributed by atoms with Gasteiger partial charge in [-0.15, -0.1) is 29.7 Å². The molecule has 0 aliphatic rings. The smallest absolute Gasteiger partial charge is 0.206 e. The summed E-state index contributed by atoms with van der Waals surface area (Å²) >= 11 is 3.12. The Kier molecular flexibility index (Phi) is 6.20. The first-order chi connectivity index (χ1) is 12.7. The lowest BCUT2D eigenvalue weighted by molar-refractivity contribution is 0.629. The number of thiazole rings is 1. The first-order valence-electron chi connectivity index (χ1n) is 7.98. The van der Waals surface area contributed by atoms with Crippen LogP contribution in [-0.2, 0) is 0 Å². The van der Waals surface area contributed by atoms with E-state index in [1.54, 1.807) is 40.9 Å². The molecule has 0 spiro atoms. The topological polar surface area (TPSA) is 29.6 Å². The van der Waals surface area contributed by atoms with Crippen molar-refractivity contribution in [3.8, 4) is 11.3 Å². The quantitative estimate of drug-likeness (QED) is 0.333. The highest BCUT2D eigenvalue weighted by Gasteiger charge is 2.11. The highest BCUT2D eigenvalue weighted by atomic mass is 32.2. The molecule has 0 N–H and O–H groups in total. The molecule has 0 aliphatic carbocycles. The molecule has 1 aromatic heterocycles. The van der Waals surface area contributed by atoms with Gasteiger partial charge in [-0.25, -0.2) is 9.07 Å². The van der Waals surface area contributed by atoms with Crippen LogP contribution in [0.5, 0.6) is 0 Å². The third-order valence-corrected chi connectivity index (χ3v) is 5.23. The van der Waals surface area contributed by atoms with E-state index < -0.39 is 0 Å². The van der Waals surface area contributed by atoms with E-state index in [4.69, 9.17) is 0 Å². The third kappa shape index (κ3) is 4.20. The number of benzene rings is 2. The molecule has 0 bridgehead atoms. The molecular weight excluding hydrogens is 365 g/mol. The molecule has 26 heavy (non-hydrogen) atoms. The van der Waals surface area contributed by atoms with Crippen LogP contribution in [0.1, 0.15) is 5.56 Å². The van der Waals surface area contributed by atoms with Crippen LogP contribution in [0, 0.1) is 5.82 Å². The molecule has 3 rings (SSSR count). The number of rotatable bonds is 6. The Bertz CT molecular complexity index is 985. The Morgan fingerprint density at radius 1 is 1.19 bits per heavy atom. The van der Waals surface area contributed by atoms with Crippen molar-refractivity contribution in [3.05, 3.63) is 82.7 Å². The summed E-state index contributed by atoms with van der Waals surface area (Å²) in [7, 11) is 0. The number of hydrogen-bond acceptors (Lipinski definition) is 4. The summed E-state index contributed by atoms with van der Waals surface area (Å²) in [4.78, 5) is 6.35. The maximum absolute atomic E-state index is 14.3. The zero-order chi connectivity index (χ0) is 18.4. The molecule has 3 aromatic rings. The zero-order valence-corrected chi connectivity index (χ0v) is 15.9. The first-order valence-corrected chi connectivity index (χ1v) is 10.1. The van der Waals surface area contributed by atoms with Gasteiger partial charge in [0.25, 0.3) is 0 Å². The monoisotopic (exact) mass is 383 g/mol. The fourth-order valence-electron chi connectivity index (χ4n) is 2.33. The lowest BCUT2D eigenvalue weighted by Crippen LogP contribution is -2.12. The summed E-state index contributed by atoms with van der Waals surface area (Å²) in [6.45, 7) is 4.18. The summed E-state index contributed by atoms with van der Waals surface area (Å²) < 4.78 is 15.9. The van der Waals surface area contributed by atoms with Gasteiger partial charge in [-0.2, -0.15) is 5.10 Å². The van der Waals surface area contributed by atoms with Gasteiger partial charge in [0.15, 0.2) is 0 Å². The average Bonchev–Trinajstić information content (AvgIpc) is 3.08. The van der Waals surface area contributed by atoms with Gasteiger partial charge in [0, 0.05) is 15.8 Å². The van der Waals surface area contributed by atoms with Gasteiger partial charge < -0.3 is 0 Å². The minimum absolute atomic E-state index is 0.283. The lowest BCUT2D eigenvalue weighted by atomic mass is 10.1. The SMILES string of the molecule is C=CCN=c1scc(-c2ccccc2F)n1/N=C\c1ccc(SC)cc1. The fraction of sp³-hybridized carbons (Fsp3) is 0.100. The predicted octanol–water partition coefficient (Wildman–Crippen LogP) is 5.05. The van der Waals surface area contributed by atoms with E-state index in [-0.39, 0.29) is 5.82 Å². The van der Waals surface area contributed by atoms with Crippen molar-refractivity contribution in [1.29, 1.82) is 0 Å². The van der Waals surface area contributed by atoms with Crippen molar-refractivity contribution >= 4 is 29.3 Å². The molecule has 0 fully saturated rings. The molecule has 0 radical (unpaired) electrons. The minimum Gasteiger partial charge on any atom is -0.253 e. The van der Waals surface area contributed by atoms with Gasteiger partial charge >= 0.3 is 0 Å². The maximum Gasteiger partial charge on any atom is 0.206 e. The Morgan fingerprint density at radius 3 is 2.65 bits per heavy atom. The van der Waals surface area contributed by atoms with Gasteiger partial charge in [-0.3, -0.25) is 4.99 Å². The van der Waals surface area contributed by atoms with Gasteiger partial charge in [-0.1, -0.05) is 30.3 Å². The first kappa shape index (κ1) is 18.4.